The molecule has 0 aliphatic carbocycles. The van der Waals surface area contributed by atoms with E-state index in [1.807, 2.05) is 74.5 Å². The highest BCUT2D eigenvalue weighted by Crippen LogP contribution is 2.22. The Hall–Kier alpha value is -3.74. The Labute approximate surface area is 187 Å². The van der Waals surface area contributed by atoms with Gasteiger partial charge in [-0.3, -0.25) is 4.79 Å². The van der Waals surface area contributed by atoms with Crippen LogP contribution in [-0.2, 0) is 20.9 Å². The SMILES string of the molecule is COC(=O)[C@@H](Nc1nc(CNC(=O)C(C)=Cc2ccccc2)nc2ccccc12)C(C)C. The van der Waals surface area contributed by atoms with Crippen LogP contribution >= 0.6 is 0 Å². The molecular weight excluding hydrogens is 404 g/mol. The standard InChI is InChI=1S/C25H28N4O3/c1-16(2)22(25(31)32-4)29-23-19-12-8-9-13-20(19)27-21(28-23)15-26-24(30)17(3)14-18-10-6-5-7-11-18/h5-14,16,22H,15H2,1-4H3,(H,26,30)(H,27,28,29)/t22-/m0/s1. The summed E-state index contributed by atoms with van der Waals surface area (Å²) in [6, 6.07) is 16.6. The normalized spacial score (nSPS) is 12.5. The van der Waals surface area contributed by atoms with E-state index in [2.05, 4.69) is 20.6 Å². The molecule has 1 aromatic heterocycles. The highest BCUT2D eigenvalue weighted by molar-refractivity contribution is 5.97. The van der Waals surface area contributed by atoms with Crippen molar-refractivity contribution in [1.29, 1.82) is 0 Å². The number of amides is 1. The second-order valence-corrected chi connectivity index (χ2v) is 7.82. The van der Waals surface area contributed by atoms with E-state index >= 15 is 0 Å². The third-order valence-electron chi connectivity index (χ3n) is 5.01. The average Bonchev–Trinajstić information content (AvgIpc) is 2.80. The zero-order chi connectivity index (χ0) is 23.1. The van der Waals surface area contributed by atoms with Gasteiger partial charge in [-0.05, 0) is 36.6 Å². The fraction of sp³-hybridized carbons (Fsp3) is 0.280. The Balaban J connectivity index is 1.82. The van der Waals surface area contributed by atoms with Crippen molar-refractivity contribution in [1.82, 2.24) is 15.3 Å². The van der Waals surface area contributed by atoms with Gasteiger partial charge in [-0.2, -0.15) is 0 Å². The molecule has 1 amide bonds. The number of aromatic nitrogens is 2. The number of rotatable bonds is 8. The van der Waals surface area contributed by atoms with Gasteiger partial charge in [-0.25, -0.2) is 14.8 Å². The third kappa shape index (κ3) is 5.69. The van der Waals surface area contributed by atoms with Gasteiger partial charge in [-0.1, -0.05) is 56.3 Å². The minimum absolute atomic E-state index is 0.00916. The number of benzene rings is 2. The van der Waals surface area contributed by atoms with E-state index in [4.69, 9.17) is 4.74 Å². The number of carbonyl (C=O) groups excluding carboxylic acids is 2. The van der Waals surface area contributed by atoms with E-state index in [1.54, 1.807) is 6.92 Å². The first kappa shape index (κ1) is 22.9. The Morgan fingerprint density at radius 2 is 1.72 bits per heavy atom. The maximum Gasteiger partial charge on any atom is 0.328 e. The summed E-state index contributed by atoms with van der Waals surface area (Å²) in [6.45, 7) is 5.78. The molecule has 3 rings (SSSR count). The lowest BCUT2D eigenvalue weighted by atomic mass is 10.0. The van der Waals surface area contributed by atoms with Gasteiger partial charge in [0.1, 0.15) is 11.9 Å². The predicted molar refractivity (Wildman–Crippen MR) is 126 cm³/mol. The molecule has 2 aromatic carbocycles. The lowest BCUT2D eigenvalue weighted by Crippen LogP contribution is -2.36. The van der Waals surface area contributed by atoms with Crippen molar-refractivity contribution < 1.29 is 14.3 Å². The second kappa shape index (κ2) is 10.5. The van der Waals surface area contributed by atoms with E-state index < -0.39 is 6.04 Å². The Kier molecular flexibility index (Phi) is 7.54. The number of carbonyl (C=O) groups is 2. The number of fused-ring (bicyclic) bond motifs is 1. The number of hydrogen-bond acceptors (Lipinski definition) is 6. The molecule has 0 aliphatic heterocycles. The average molecular weight is 433 g/mol. The molecule has 0 saturated heterocycles. The van der Waals surface area contributed by atoms with Crippen LogP contribution < -0.4 is 10.6 Å². The maximum atomic E-state index is 12.6. The molecule has 1 atom stereocenters. The lowest BCUT2D eigenvalue weighted by Gasteiger charge is -2.21. The zero-order valence-corrected chi connectivity index (χ0v) is 18.8. The highest BCUT2D eigenvalue weighted by atomic mass is 16.5. The summed E-state index contributed by atoms with van der Waals surface area (Å²) in [4.78, 5) is 33.9. The molecule has 166 valence electrons. The number of esters is 1. The number of nitrogens with one attached hydrogen (secondary N) is 2. The number of anilines is 1. The van der Waals surface area contributed by atoms with Crippen LogP contribution in [0.5, 0.6) is 0 Å². The van der Waals surface area contributed by atoms with E-state index in [-0.39, 0.29) is 24.3 Å². The number of ether oxygens (including phenoxy) is 1. The van der Waals surface area contributed by atoms with Gasteiger partial charge in [0.05, 0.1) is 19.2 Å². The minimum atomic E-state index is -0.559. The Bertz CT molecular complexity index is 1130. The topological polar surface area (TPSA) is 93.2 Å². The molecule has 3 aromatic rings. The van der Waals surface area contributed by atoms with Crippen LogP contribution in [0, 0.1) is 5.92 Å². The molecule has 2 N–H and O–H groups in total. The first-order valence-corrected chi connectivity index (χ1v) is 10.5. The van der Waals surface area contributed by atoms with Crippen LogP contribution in [0.25, 0.3) is 17.0 Å². The first-order chi connectivity index (χ1) is 15.4. The van der Waals surface area contributed by atoms with Gasteiger partial charge in [-0.15, -0.1) is 0 Å². The monoisotopic (exact) mass is 432 g/mol. The summed E-state index contributed by atoms with van der Waals surface area (Å²) in [5.41, 5.74) is 2.26. The van der Waals surface area contributed by atoms with Crippen molar-refractivity contribution in [3.05, 3.63) is 71.6 Å². The summed E-state index contributed by atoms with van der Waals surface area (Å²) in [7, 11) is 1.36. The van der Waals surface area contributed by atoms with E-state index in [1.165, 1.54) is 7.11 Å². The maximum absolute atomic E-state index is 12.6. The quantitative estimate of drug-likeness (QED) is 0.413. The smallest absolute Gasteiger partial charge is 0.328 e. The molecule has 7 nitrogen and oxygen atoms in total. The largest absolute Gasteiger partial charge is 0.467 e. The number of hydrogen-bond donors (Lipinski definition) is 2. The number of para-hydroxylation sites is 1. The molecule has 0 fully saturated rings. The summed E-state index contributed by atoms with van der Waals surface area (Å²) in [5.74, 6) is 0.402. The van der Waals surface area contributed by atoms with Crippen LogP contribution in [0.2, 0.25) is 0 Å². The molecule has 7 heteroatoms. The molecule has 32 heavy (non-hydrogen) atoms. The first-order valence-electron chi connectivity index (χ1n) is 10.5. The van der Waals surface area contributed by atoms with Crippen LogP contribution in [0.1, 0.15) is 32.2 Å². The van der Waals surface area contributed by atoms with Crippen molar-refractivity contribution in [3.63, 3.8) is 0 Å². The predicted octanol–water partition coefficient (Wildman–Crippen LogP) is 3.96. The van der Waals surface area contributed by atoms with E-state index in [0.29, 0.717) is 17.2 Å². The number of methoxy groups -OCH3 is 1. The van der Waals surface area contributed by atoms with Gasteiger partial charge < -0.3 is 15.4 Å². The van der Waals surface area contributed by atoms with Crippen molar-refractivity contribution in [3.8, 4) is 0 Å². The van der Waals surface area contributed by atoms with Gasteiger partial charge in [0.15, 0.2) is 5.82 Å². The molecule has 0 spiro atoms. The minimum Gasteiger partial charge on any atom is -0.467 e. The molecule has 0 radical (unpaired) electrons. The van der Waals surface area contributed by atoms with Gasteiger partial charge in [0.2, 0.25) is 5.91 Å². The van der Waals surface area contributed by atoms with E-state index in [9.17, 15) is 9.59 Å². The molecule has 0 bridgehead atoms. The summed E-state index contributed by atoms with van der Waals surface area (Å²) < 4.78 is 4.93. The van der Waals surface area contributed by atoms with Crippen LogP contribution in [0.4, 0.5) is 5.82 Å². The van der Waals surface area contributed by atoms with Crippen LogP contribution in [0.3, 0.4) is 0 Å². The van der Waals surface area contributed by atoms with Crippen molar-refractivity contribution >= 4 is 34.7 Å². The summed E-state index contributed by atoms with van der Waals surface area (Å²) in [6.07, 6.45) is 1.83. The van der Waals surface area contributed by atoms with Crippen molar-refractivity contribution in [2.24, 2.45) is 5.92 Å². The summed E-state index contributed by atoms with van der Waals surface area (Å²) >= 11 is 0. The fourth-order valence-corrected chi connectivity index (χ4v) is 3.25. The van der Waals surface area contributed by atoms with Crippen molar-refractivity contribution in [2.75, 3.05) is 12.4 Å². The lowest BCUT2D eigenvalue weighted by molar-refractivity contribution is -0.142. The molecule has 1 heterocycles. The van der Waals surface area contributed by atoms with E-state index in [0.717, 1.165) is 16.5 Å². The Morgan fingerprint density at radius 3 is 2.41 bits per heavy atom. The second-order valence-electron chi connectivity index (χ2n) is 7.82. The van der Waals surface area contributed by atoms with Gasteiger partial charge in [0, 0.05) is 11.0 Å². The highest BCUT2D eigenvalue weighted by Gasteiger charge is 2.24. The van der Waals surface area contributed by atoms with Gasteiger partial charge in [0.25, 0.3) is 0 Å². The third-order valence-corrected chi connectivity index (χ3v) is 5.01. The molecule has 0 saturated carbocycles. The molecule has 0 aliphatic rings. The van der Waals surface area contributed by atoms with Crippen LogP contribution in [0.15, 0.2) is 60.2 Å². The van der Waals surface area contributed by atoms with Crippen LogP contribution in [-0.4, -0.2) is 35.0 Å². The Morgan fingerprint density at radius 1 is 1.03 bits per heavy atom. The zero-order valence-electron chi connectivity index (χ0n) is 18.8. The van der Waals surface area contributed by atoms with Gasteiger partial charge >= 0.3 is 5.97 Å². The summed E-state index contributed by atoms with van der Waals surface area (Å²) in [5, 5.41) is 6.86. The molecule has 0 unspecified atom stereocenters. The number of nitrogens with zero attached hydrogens (tertiary/aromatic N) is 2. The van der Waals surface area contributed by atoms with Crippen molar-refractivity contribution in [2.45, 2.75) is 33.4 Å². The fourth-order valence-electron chi connectivity index (χ4n) is 3.25. The molecular formula is C25H28N4O3.